The fourth-order valence-electron chi connectivity index (χ4n) is 5.66. The molecule has 1 aromatic carbocycles. The fraction of sp³-hybridized carbons (Fsp3) is 0.500. The molecule has 1 atom stereocenters. The molecular weight excluding hydrogens is 346 g/mol. The molecule has 4 heteroatoms. The van der Waals surface area contributed by atoms with Gasteiger partial charge < -0.3 is 9.13 Å². The SMILES string of the molecule is O=C1c2c(n3c4c(cccc24)CCC3)CC[C@@H]1Cn1ccnc1CC1CCC1. The molecule has 28 heavy (non-hydrogen) atoms. The van der Waals surface area contributed by atoms with Crippen LogP contribution in [0.3, 0.4) is 0 Å². The number of carbonyl (C=O) groups excluding carboxylic acids is 1. The van der Waals surface area contributed by atoms with E-state index in [1.165, 1.54) is 53.7 Å². The van der Waals surface area contributed by atoms with Crippen LogP contribution in [0.4, 0.5) is 0 Å². The summed E-state index contributed by atoms with van der Waals surface area (Å²) >= 11 is 0. The summed E-state index contributed by atoms with van der Waals surface area (Å²) in [5, 5.41) is 1.20. The Labute approximate surface area is 165 Å². The molecule has 3 aliphatic rings. The highest BCUT2D eigenvalue weighted by atomic mass is 16.1. The Morgan fingerprint density at radius 1 is 1.11 bits per heavy atom. The highest BCUT2D eigenvalue weighted by molar-refractivity contribution is 6.12. The minimum Gasteiger partial charge on any atom is -0.344 e. The Hall–Kier alpha value is -2.36. The highest BCUT2D eigenvalue weighted by Crippen LogP contribution is 2.38. The van der Waals surface area contributed by atoms with Gasteiger partial charge in [0.15, 0.2) is 5.78 Å². The van der Waals surface area contributed by atoms with Gasteiger partial charge in [-0.1, -0.05) is 37.5 Å². The molecule has 2 aromatic heterocycles. The average Bonchev–Trinajstić information content (AvgIpc) is 3.25. The van der Waals surface area contributed by atoms with Crippen molar-refractivity contribution in [3.8, 4) is 0 Å². The lowest BCUT2D eigenvalue weighted by Gasteiger charge is -2.27. The van der Waals surface area contributed by atoms with Crippen LogP contribution >= 0.6 is 0 Å². The van der Waals surface area contributed by atoms with Gasteiger partial charge in [0, 0.05) is 54.5 Å². The van der Waals surface area contributed by atoms with Crippen LogP contribution in [-0.2, 0) is 32.4 Å². The van der Waals surface area contributed by atoms with E-state index in [0.29, 0.717) is 5.78 Å². The van der Waals surface area contributed by atoms with E-state index in [4.69, 9.17) is 0 Å². The van der Waals surface area contributed by atoms with Crippen molar-refractivity contribution in [2.24, 2.45) is 11.8 Å². The second kappa shape index (κ2) is 6.33. The number of hydrogen-bond acceptors (Lipinski definition) is 2. The first-order valence-corrected chi connectivity index (χ1v) is 11.0. The lowest BCUT2D eigenvalue weighted by Crippen LogP contribution is -2.28. The van der Waals surface area contributed by atoms with E-state index in [1.807, 2.05) is 6.20 Å². The van der Waals surface area contributed by atoms with E-state index < -0.39 is 0 Å². The third-order valence-corrected chi connectivity index (χ3v) is 7.36. The minimum absolute atomic E-state index is 0.0744. The van der Waals surface area contributed by atoms with Gasteiger partial charge in [-0.05, 0) is 37.2 Å². The average molecular weight is 374 g/mol. The number of rotatable bonds is 4. The van der Waals surface area contributed by atoms with Crippen LogP contribution in [0, 0.1) is 11.8 Å². The van der Waals surface area contributed by atoms with Crippen molar-refractivity contribution in [1.29, 1.82) is 0 Å². The van der Waals surface area contributed by atoms with E-state index in [0.717, 1.165) is 50.3 Å². The van der Waals surface area contributed by atoms with Crippen LogP contribution in [0.5, 0.6) is 0 Å². The summed E-state index contributed by atoms with van der Waals surface area (Å²) in [5.74, 6) is 2.40. The van der Waals surface area contributed by atoms with Gasteiger partial charge in [-0.3, -0.25) is 4.79 Å². The van der Waals surface area contributed by atoms with E-state index >= 15 is 0 Å². The van der Waals surface area contributed by atoms with Crippen LogP contribution in [0.1, 0.15) is 59.5 Å². The molecule has 6 rings (SSSR count). The highest BCUT2D eigenvalue weighted by Gasteiger charge is 2.34. The summed E-state index contributed by atoms with van der Waals surface area (Å²) in [6.45, 7) is 1.85. The lowest BCUT2D eigenvalue weighted by atomic mass is 9.82. The maximum Gasteiger partial charge on any atom is 0.170 e. The van der Waals surface area contributed by atoms with E-state index in [9.17, 15) is 4.79 Å². The third-order valence-electron chi connectivity index (χ3n) is 7.36. The van der Waals surface area contributed by atoms with Crippen LogP contribution < -0.4 is 0 Å². The van der Waals surface area contributed by atoms with Crippen molar-refractivity contribution in [3.63, 3.8) is 0 Å². The number of aromatic nitrogens is 3. The summed E-state index contributed by atoms with van der Waals surface area (Å²) in [7, 11) is 0. The second-order valence-corrected chi connectivity index (χ2v) is 8.99. The summed E-state index contributed by atoms with van der Waals surface area (Å²) < 4.78 is 4.71. The van der Waals surface area contributed by atoms with Crippen LogP contribution in [0.25, 0.3) is 10.9 Å². The first-order valence-electron chi connectivity index (χ1n) is 11.0. The molecule has 1 saturated carbocycles. The van der Waals surface area contributed by atoms with Gasteiger partial charge in [-0.25, -0.2) is 4.98 Å². The van der Waals surface area contributed by atoms with Gasteiger partial charge in [-0.2, -0.15) is 0 Å². The van der Waals surface area contributed by atoms with Gasteiger partial charge in [-0.15, -0.1) is 0 Å². The van der Waals surface area contributed by atoms with E-state index in [1.54, 1.807) is 0 Å². The molecular formula is C24H27N3O. The maximum absolute atomic E-state index is 13.6. The summed E-state index contributed by atoms with van der Waals surface area (Å²) in [4.78, 5) is 18.2. The van der Waals surface area contributed by atoms with Crippen LogP contribution in [-0.4, -0.2) is 19.9 Å². The van der Waals surface area contributed by atoms with Crippen LogP contribution in [0.2, 0.25) is 0 Å². The number of fused-ring (bicyclic) bond motifs is 3. The standard InChI is InChI=1S/C24H27N3O/c28-24-18(15-26-13-11-25-21(26)14-16-4-1-5-16)9-10-20-22(24)19-8-2-6-17-7-3-12-27(20)23(17)19/h2,6,8,11,13,16,18H,1,3-5,7,9-10,12,14-15H2/t18-/m1/s1. The molecule has 1 aliphatic heterocycles. The molecule has 3 aromatic rings. The number of benzene rings is 1. The van der Waals surface area contributed by atoms with Crippen molar-refractivity contribution < 1.29 is 4.79 Å². The maximum atomic E-state index is 13.6. The van der Waals surface area contributed by atoms with Crippen molar-refractivity contribution >= 4 is 16.7 Å². The van der Waals surface area contributed by atoms with E-state index in [-0.39, 0.29) is 5.92 Å². The van der Waals surface area contributed by atoms with Crippen molar-refractivity contribution in [2.75, 3.05) is 0 Å². The number of para-hydroxylation sites is 1. The third kappa shape index (κ3) is 2.43. The fourth-order valence-corrected chi connectivity index (χ4v) is 5.66. The molecule has 144 valence electrons. The zero-order valence-corrected chi connectivity index (χ0v) is 16.4. The van der Waals surface area contributed by atoms with Crippen molar-refractivity contribution in [1.82, 2.24) is 14.1 Å². The number of hydrogen-bond donors (Lipinski definition) is 0. The topological polar surface area (TPSA) is 39.8 Å². The second-order valence-electron chi connectivity index (χ2n) is 8.99. The number of Topliss-reactive ketones (excluding diaryl/α,β-unsaturated/α-hetero) is 1. The lowest BCUT2D eigenvalue weighted by molar-refractivity contribution is 0.0887. The van der Waals surface area contributed by atoms with Gasteiger partial charge >= 0.3 is 0 Å². The molecule has 3 heterocycles. The molecule has 0 bridgehead atoms. The first-order chi connectivity index (χ1) is 13.8. The molecule has 1 fully saturated rings. The Bertz CT molecular complexity index is 1070. The zero-order chi connectivity index (χ0) is 18.7. The Kier molecular flexibility index (Phi) is 3.75. The Morgan fingerprint density at radius 3 is 2.89 bits per heavy atom. The molecule has 0 amide bonds. The quantitative estimate of drug-likeness (QED) is 0.672. The monoisotopic (exact) mass is 373 g/mol. The van der Waals surface area contributed by atoms with Gasteiger partial charge in [0.05, 0.1) is 5.52 Å². The predicted octanol–water partition coefficient (Wildman–Crippen LogP) is 4.57. The Balaban J connectivity index is 1.33. The number of aryl methyl sites for hydroxylation is 2. The summed E-state index contributed by atoms with van der Waals surface area (Å²) in [6, 6.07) is 6.54. The molecule has 0 unspecified atom stereocenters. The predicted molar refractivity (Wildman–Crippen MR) is 110 cm³/mol. The largest absolute Gasteiger partial charge is 0.344 e. The molecule has 0 radical (unpaired) electrons. The number of carbonyl (C=O) groups is 1. The number of nitrogens with zero attached hydrogens (tertiary/aromatic N) is 3. The smallest absolute Gasteiger partial charge is 0.170 e. The van der Waals surface area contributed by atoms with Crippen molar-refractivity contribution in [3.05, 3.63) is 53.2 Å². The summed E-state index contributed by atoms with van der Waals surface area (Å²) in [5.41, 5.74) is 5.07. The molecule has 0 saturated heterocycles. The minimum atomic E-state index is 0.0744. The molecule has 2 aliphatic carbocycles. The first kappa shape index (κ1) is 16.6. The van der Waals surface area contributed by atoms with Gasteiger partial charge in [0.1, 0.15) is 5.82 Å². The number of imidazole rings is 1. The van der Waals surface area contributed by atoms with Gasteiger partial charge in [0.25, 0.3) is 0 Å². The Morgan fingerprint density at radius 2 is 2.04 bits per heavy atom. The summed E-state index contributed by atoms with van der Waals surface area (Å²) in [6.07, 6.45) is 13.4. The van der Waals surface area contributed by atoms with Crippen molar-refractivity contribution in [2.45, 2.75) is 64.5 Å². The zero-order valence-electron chi connectivity index (χ0n) is 16.4. The normalized spacial score (nSPS) is 21.7. The molecule has 0 spiro atoms. The number of ketones is 1. The van der Waals surface area contributed by atoms with Gasteiger partial charge in [0.2, 0.25) is 0 Å². The molecule has 0 N–H and O–H groups in total. The molecule has 4 nitrogen and oxygen atoms in total. The van der Waals surface area contributed by atoms with E-state index in [2.05, 4.69) is 38.5 Å². The van der Waals surface area contributed by atoms with Crippen LogP contribution in [0.15, 0.2) is 30.6 Å².